The second kappa shape index (κ2) is 6.62. The second-order valence-corrected chi connectivity index (χ2v) is 6.34. The van der Waals surface area contributed by atoms with E-state index in [1.54, 1.807) is 12.1 Å². The molecule has 2 rings (SSSR count). The molecule has 2 aromatic carbocycles. The Bertz CT molecular complexity index is 841. The largest absolute Gasteiger partial charge is 0.377 e. The van der Waals surface area contributed by atoms with E-state index in [1.807, 2.05) is 0 Å². The molecule has 7 heteroatoms. The van der Waals surface area contributed by atoms with Crippen LogP contribution in [0, 0.1) is 0 Å². The van der Waals surface area contributed by atoms with Crippen LogP contribution in [0.4, 0.5) is 5.69 Å². The summed E-state index contributed by atoms with van der Waals surface area (Å²) in [5.41, 5.74) is 0.659. The Morgan fingerprint density at radius 3 is 2.13 bits per heavy atom. The number of Topliss-reactive ketones (excluding diaryl/α,β-unsaturated/α-hetero) is 1. The molecule has 0 aliphatic rings. The highest BCUT2D eigenvalue weighted by molar-refractivity contribution is 7.87. The van der Waals surface area contributed by atoms with Crippen molar-refractivity contribution in [2.24, 2.45) is 0 Å². The van der Waals surface area contributed by atoms with Crippen LogP contribution in [0.1, 0.15) is 24.2 Å². The normalized spacial score (nSPS) is 10.9. The van der Waals surface area contributed by atoms with Gasteiger partial charge in [0.15, 0.2) is 11.5 Å². The number of nitrogens with one attached hydrogen (secondary N) is 1. The molecule has 0 saturated carbocycles. The molecule has 2 aromatic rings. The molecule has 0 aliphatic carbocycles. The van der Waals surface area contributed by atoms with Gasteiger partial charge in [-0.1, -0.05) is 24.3 Å². The van der Waals surface area contributed by atoms with E-state index >= 15 is 0 Å². The molecule has 120 valence electrons. The van der Waals surface area contributed by atoms with Crippen LogP contribution in [-0.2, 0) is 14.9 Å². The molecule has 6 nitrogen and oxygen atoms in total. The Balaban J connectivity index is 2.31. The fourth-order valence-corrected chi connectivity index (χ4v) is 2.80. The van der Waals surface area contributed by atoms with Crippen LogP contribution in [0.5, 0.6) is 5.75 Å². The van der Waals surface area contributed by atoms with E-state index < -0.39 is 10.1 Å². The number of carbonyl (C=O) groups is 2. The Morgan fingerprint density at radius 2 is 1.57 bits per heavy atom. The number of benzene rings is 2. The van der Waals surface area contributed by atoms with E-state index in [0.717, 1.165) is 0 Å². The van der Waals surface area contributed by atoms with E-state index in [1.165, 1.54) is 50.2 Å². The lowest BCUT2D eigenvalue weighted by atomic mass is 10.2. The van der Waals surface area contributed by atoms with Crippen LogP contribution >= 0.6 is 0 Å². The molecule has 0 heterocycles. The number of ketones is 1. The van der Waals surface area contributed by atoms with Crippen LogP contribution in [0.2, 0.25) is 0 Å². The lowest BCUT2D eigenvalue weighted by molar-refractivity contribution is -0.114. The van der Waals surface area contributed by atoms with Crippen molar-refractivity contribution in [3.05, 3.63) is 54.1 Å². The first-order valence-corrected chi connectivity index (χ1v) is 8.12. The van der Waals surface area contributed by atoms with E-state index in [4.69, 9.17) is 4.18 Å². The Morgan fingerprint density at radius 1 is 0.957 bits per heavy atom. The fraction of sp³-hybridized carbons (Fsp3) is 0.125. The van der Waals surface area contributed by atoms with Gasteiger partial charge in [0.2, 0.25) is 5.91 Å². The zero-order valence-corrected chi connectivity index (χ0v) is 13.4. The van der Waals surface area contributed by atoms with Crippen molar-refractivity contribution < 1.29 is 22.2 Å². The van der Waals surface area contributed by atoms with Crippen LogP contribution in [-0.4, -0.2) is 20.1 Å². The predicted molar refractivity (Wildman–Crippen MR) is 85.0 cm³/mol. The summed E-state index contributed by atoms with van der Waals surface area (Å²) in [4.78, 5) is 22.3. The van der Waals surface area contributed by atoms with Gasteiger partial charge in [0.25, 0.3) is 0 Å². The zero-order chi connectivity index (χ0) is 17.0. The molecule has 0 saturated heterocycles. The third-order valence-electron chi connectivity index (χ3n) is 2.95. The van der Waals surface area contributed by atoms with Gasteiger partial charge >= 0.3 is 10.1 Å². The molecule has 0 atom stereocenters. The minimum absolute atomic E-state index is 0.0124. The van der Waals surface area contributed by atoms with Crippen molar-refractivity contribution in [1.29, 1.82) is 0 Å². The summed E-state index contributed by atoms with van der Waals surface area (Å²) in [7, 11) is -4.08. The first kappa shape index (κ1) is 16.7. The fourth-order valence-electron chi connectivity index (χ4n) is 1.85. The number of para-hydroxylation sites is 2. The molecule has 0 radical (unpaired) electrons. The maximum atomic E-state index is 12.3. The first-order chi connectivity index (χ1) is 10.8. The van der Waals surface area contributed by atoms with Crippen LogP contribution in [0.3, 0.4) is 0 Å². The molecular formula is C16H15NO5S. The highest BCUT2D eigenvalue weighted by Crippen LogP contribution is 2.27. The van der Waals surface area contributed by atoms with Crippen molar-refractivity contribution in [3.8, 4) is 5.75 Å². The third-order valence-corrected chi connectivity index (χ3v) is 4.20. The molecule has 0 fully saturated rings. The highest BCUT2D eigenvalue weighted by atomic mass is 32.2. The smallest absolute Gasteiger partial charge is 0.339 e. The minimum Gasteiger partial charge on any atom is -0.377 e. The lowest BCUT2D eigenvalue weighted by Crippen LogP contribution is -2.13. The van der Waals surface area contributed by atoms with Crippen molar-refractivity contribution in [1.82, 2.24) is 0 Å². The van der Waals surface area contributed by atoms with E-state index in [9.17, 15) is 18.0 Å². The van der Waals surface area contributed by atoms with Gasteiger partial charge in [-0.15, -0.1) is 0 Å². The molecule has 0 aromatic heterocycles. The first-order valence-electron chi connectivity index (χ1n) is 6.72. The maximum Gasteiger partial charge on any atom is 0.339 e. The molecule has 0 unspecified atom stereocenters. The number of anilines is 1. The lowest BCUT2D eigenvalue weighted by Gasteiger charge is -2.11. The SMILES string of the molecule is CC(=O)Nc1ccccc1OS(=O)(=O)c1ccc(C(C)=O)cc1. The third kappa shape index (κ3) is 4.17. The summed E-state index contributed by atoms with van der Waals surface area (Å²) < 4.78 is 29.7. The molecule has 0 aliphatic heterocycles. The number of carbonyl (C=O) groups excluding carboxylic acids is 2. The molecule has 0 bridgehead atoms. The average molecular weight is 333 g/mol. The number of hydrogen-bond acceptors (Lipinski definition) is 5. The predicted octanol–water partition coefficient (Wildman–Crippen LogP) is 2.62. The van der Waals surface area contributed by atoms with E-state index in [0.29, 0.717) is 5.56 Å². The number of rotatable bonds is 5. The monoisotopic (exact) mass is 333 g/mol. The van der Waals surface area contributed by atoms with Crippen molar-refractivity contribution in [2.75, 3.05) is 5.32 Å². The summed E-state index contributed by atoms with van der Waals surface area (Å²) in [6.45, 7) is 2.70. The van der Waals surface area contributed by atoms with Gasteiger partial charge in [-0.3, -0.25) is 9.59 Å². The van der Waals surface area contributed by atoms with E-state index in [-0.39, 0.29) is 28.0 Å². The molecule has 1 N–H and O–H groups in total. The highest BCUT2D eigenvalue weighted by Gasteiger charge is 2.19. The van der Waals surface area contributed by atoms with Gasteiger partial charge in [0, 0.05) is 12.5 Å². The number of amides is 1. The van der Waals surface area contributed by atoms with Gasteiger partial charge in [0.1, 0.15) is 4.90 Å². The van der Waals surface area contributed by atoms with Gasteiger partial charge in [-0.05, 0) is 31.2 Å². The summed E-state index contributed by atoms with van der Waals surface area (Å²) in [5, 5.41) is 2.50. The van der Waals surface area contributed by atoms with Crippen LogP contribution in [0.25, 0.3) is 0 Å². The quantitative estimate of drug-likeness (QED) is 0.671. The summed E-state index contributed by atoms with van der Waals surface area (Å²) in [6.07, 6.45) is 0. The van der Waals surface area contributed by atoms with Crippen LogP contribution in [0.15, 0.2) is 53.4 Å². The Hall–Kier alpha value is -2.67. The molecule has 0 spiro atoms. The zero-order valence-electron chi connectivity index (χ0n) is 12.6. The maximum absolute atomic E-state index is 12.3. The molecule has 1 amide bonds. The molecule has 23 heavy (non-hydrogen) atoms. The topological polar surface area (TPSA) is 89.5 Å². The summed E-state index contributed by atoms with van der Waals surface area (Å²) >= 11 is 0. The van der Waals surface area contributed by atoms with Gasteiger partial charge < -0.3 is 9.50 Å². The Labute approximate surface area is 134 Å². The number of hydrogen-bond donors (Lipinski definition) is 1. The van der Waals surface area contributed by atoms with Crippen molar-refractivity contribution in [3.63, 3.8) is 0 Å². The van der Waals surface area contributed by atoms with Gasteiger partial charge in [0.05, 0.1) is 5.69 Å². The van der Waals surface area contributed by atoms with E-state index in [2.05, 4.69) is 5.32 Å². The second-order valence-electron chi connectivity index (χ2n) is 4.80. The van der Waals surface area contributed by atoms with Crippen LogP contribution < -0.4 is 9.50 Å². The summed E-state index contributed by atoms with van der Waals surface area (Å²) in [5.74, 6) is -0.492. The average Bonchev–Trinajstić information content (AvgIpc) is 2.48. The van der Waals surface area contributed by atoms with Gasteiger partial charge in [-0.25, -0.2) is 0 Å². The Kier molecular flexibility index (Phi) is 4.80. The summed E-state index contributed by atoms with van der Waals surface area (Å²) in [6, 6.07) is 11.6. The van der Waals surface area contributed by atoms with Crippen molar-refractivity contribution >= 4 is 27.5 Å². The van der Waals surface area contributed by atoms with Gasteiger partial charge in [-0.2, -0.15) is 8.42 Å². The minimum atomic E-state index is -4.08. The van der Waals surface area contributed by atoms with Crippen molar-refractivity contribution in [2.45, 2.75) is 18.7 Å². The molecular weight excluding hydrogens is 318 g/mol. The standard InChI is InChI=1S/C16H15NO5S/c1-11(18)13-7-9-14(10-8-13)23(20,21)22-16-6-4-3-5-15(16)17-12(2)19/h3-10H,1-2H3,(H,17,19).